The van der Waals surface area contributed by atoms with Crippen molar-refractivity contribution >= 4 is 9.84 Å². The Bertz CT molecular complexity index is 360. The molecule has 3 atom stereocenters. The largest absolute Gasteiger partial charge is 0.310 e. The molecule has 1 N–H and O–H groups in total. The van der Waals surface area contributed by atoms with Gasteiger partial charge in [-0.25, -0.2) is 8.42 Å². The van der Waals surface area contributed by atoms with E-state index in [1.165, 1.54) is 38.4 Å². The van der Waals surface area contributed by atoms with Crippen LogP contribution in [-0.4, -0.2) is 32.0 Å². The van der Waals surface area contributed by atoms with E-state index in [2.05, 4.69) is 12.2 Å². The molecule has 0 radical (unpaired) electrons. The molecule has 0 aromatic rings. The average Bonchev–Trinajstić information content (AvgIpc) is 2.78. The van der Waals surface area contributed by atoms with Crippen molar-refractivity contribution in [3.05, 3.63) is 0 Å². The molecular weight excluding hydrogens is 246 g/mol. The van der Waals surface area contributed by atoms with Crippen molar-refractivity contribution in [2.75, 3.05) is 6.26 Å². The number of hydrogen-bond donors (Lipinski definition) is 1. The minimum Gasteiger partial charge on any atom is -0.310 e. The third-order valence-electron chi connectivity index (χ3n) is 4.84. The highest BCUT2D eigenvalue weighted by Crippen LogP contribution is 2.29. The molecule has 0 aliphatic heterocycles. The first-order valence-corrected chi connectivity index (χ1v) is 9.39. The van der Waals surface area contributed by atoms with Crippen molar-refractivity contribution < 1.29 is 8.42 Å². The molecular formula is C14H27NO2S. The van der Waals surface area contributed by atoms with Crippen LogP contribution in [0, 0.1) is 5.92 Å². The van der Waals surface area contributed by atoms with Crippen LogP contribution in [0.15, 0.2) is 0 Å². The average molecular weight is 273 g/mol. The van der Waals surface area contributed by atoms with E-state index >= 15 is 0 Å². The van der Waals surface area contributed by atoms with Gasteiger partial charge >= 0.3 is 0 Å². The molecule has 0 heterocycles. The zero-order chi connectivity index (χ0) is 13.2. The van der Waals surface area contributed by atoms with Gasteiger partial charge < -0.3 is 5.32 Å². The predicted molar refractivity (Wildman–Crippen MR) is 75.4 cm³/mol. The summed E-state index contributed by atoms with van der Waals surface area (Å²) in [5.74, 6) is 0.750. The first-order valence-electron chi connectivity index (χ1n) is 7.43. The fourth-order valence-corrected chi connectivity index (χ4v) is 5.14. The molecule has 106 valence electrons. The molecule has 2 fully saturated rings. The van der Waals surface area contributed by atoms with Gasteiger partial charge in [0.25, 0.3) is 0 Å². The van der Waals surface area contributed by atoms with E-state index in [4.69, 9.17) is 0 Å². The molecule has 0 bridgehead atoms. The Morgan fingerprint density at radius 2 is 1.67 bits per heavy atom. The summed E-state index contributed by atoms with van der Waals surface area (Å²) in [6.45, 7) is 2.24. The third-order valence-corrected chi connectivity index (χ3v) is 6.50. The van der Waals surface area contributed by atoms with Gasteiger partial charge in [0.15, 0.2) is 9.84 Å². The second-order valence-electron chi connectivity index (χ2n) is 6.26. The van der Waals surface area contributed by atoms with E-state index in [-0.39, 0.29) is 11.3 Å². The van der Waals surface area contributed by atoms with Gasteiger partial charge in [-0.3, -0.25) is 0 Å². The fraction of sp³-hybridized carbons (Fsp3) is 1.00. The summed E-state index contributed by atoms with van der Waals surface area (Å²) in [5, 5.41) is 3.48. The van der Waals surface area contributed by atoms with Crippen LogP contribution < -0.4 is 5.32 Å². The van der Waals surface area contributed by atoms with Crippen LogP contribution in [-0.2, 0) is 9.84 Å². The smallest absolute Gasteiger partial charge is 0.151 e. The molecule has 2 unspecified atom stereocenters. The van der Waals surface area contributed by atoms with Crippen LogP contribution in [0.4, 0.5) is 0 Å². The van der Waals surface area contributed by atoms with E-state index in [0.717, 1.165) is 25.2 Å². The van der Waals surface area contributed by atoms with Crippen LogP contribution in [0.1, 0.15) is 58.3 Å². The number of sulfone groups is 1. The van der Waals surface area contributed by atoms with Crippen molar-refractivity contribution in [2.45, 2.75) is 75.6 Å². The molecule has 0 saturated heterocycles. The molecule has 18 heavy (non-hydrogen) atoms. The van der Waals surface area contributed by atoms with Crippen molar-refractivity contribution in [1.29, 1.82) is 0 Å². The van der Waals surface area contributed by atoms with Gasteiger partial charge in [0, 0.05) is 18.3 Å². The summed E-state index contributed by atoms with van der Waals surface area (Å²) in [7, 11) is -2.89. The lowest BCUT2D eigenvalue weighted by molar-refractivity contribution is 0.264. The molecule has 2 aliphatic rings. The van der Waals surface area contributed by atoms with Gasteiger partial charge in [-0.05, 0) is 38.5 Å². The van der Waals surface area contributed by atoms with E-state index in [0.29, 0.717) is 6.04 Å². The lowest BCUT2D eigenvalue weighted by atomic mass is 9.84. The van der Waals surface area contributed by atoms with E-state index in [9.17, 15) is 8.42 Å². The Morgan fingerprint density at radius 3 is 2.28 bits per heavy atom. The van der Waals surface area contributed by atoms with Crippen LogP contribution in [0.5, 0.6) is 0 Å². The lowest BCUT2D eigenvalue weighted by Gasteiger charge is -2.32. The first kappa shape index (κ1) is 14.3. The third kappa shape index (κ3) is 3.47. The topological polar surface area (TPSA) is 46.2 Å². The number of nitrogens with one attached hydrogen (secondary N) is 1. The van der Waals surface area contributed by atoms with Crippen molar-refractivity contribution in [1.82, 2.24) is 5.32 Å². The predicted octanol–water partition coefficient (Wildman–Crippen LogP) is 2.51. The zero-order valence-corrected chi connectivity index (χ0v) is 12.5. The molecule has 0 spiro atoms. The molecule has 2 saturated carbocycles. The molecule has 2 aliphatic carbocycles. The maximum absolute atomic E-state index is 11.8. The Morgan fingerprint density at radius 1 is 1.00 bits per heavy atom. The monoisotopic (exact) mass is 273 g/mol. The normalized spacial score (nSPS) is 32.6. The fourth-order valence-electron chi connectivity index (χ4n) is 3.74. The zero-order valence-electron chi connectivity index (χ0n) is 11.7. The number of hydrogen-bond acceptors (Lipinski definition) is 3. The second kappa shape index (κ2) is 5.91. The number of rotatable bonds is 4. The van der Waals surface area contributed by atoms with Gasteiger partial charge in [0.1, 0.15) is 0 Å². The van der Waals surface area contributed by atoms with Crippen LogP contribution in [0.3, 0.4) is 0 Å². The SMILES string of the molecule is C[C@H](NC1CCCC1S(C)(=O)=O)C1CCCCC1. The van der Waals surface area contributed by atoms with Gasteiger partial charge in [-0.2, -0.15) is 0 Å². The summed E-state index contributed by atoms with van der Waals surface area (Å²) in [5.41, 5.74) is 0. The van der Waals surface area contributed by atoms with Gasteiger partial charge in [0.2, 0.25) is 0 Å². The molecule has 4 heteroatoms. The molecule has 3 nitrogen and oxygen atoms in total. The standard InChI is InChI=1S/C14H27NO2S/c1-11(12-7-4-3-5-8-12)15-13-9-6-10-14(13)18(2,16)17/h11-15H,3-10H2,1-2H3/t11-,13?,14?/m0/s1. The van der Waals surface area contributed by atoms with Gasteiger partial charge in [-0.15, -0.1) is 0 Å². The highest BCUT2D eigenvalue weighted by atomic mass is 32.2. The van der Waals surface area contributed by atoms with Crippen LogP contribution in [0.2, 0.25) is 0 Å². The van der Waals surface area contributed by atoms with Crippen molar-refractivity contribution in [3.63, 3.8) is 0 Å². The van der Waals surface area contributed by atoms with Gasteiger partial charge in [-0.1, -0.05) is 25.7 Å². The summed E-state index contributed by atoms with van der Waals surface area (Å²) in [6, 6.07) is 0.662. The molecule has 2 rings (SSSR count). The molecule has 0 amide bonds. The quantitative estimate of drug-likeness (QED) is 0.856. The Kier molecular flexibility index (Phi) is 4.70. The van der Waals surface area contributed by atoms with E-state index in [1.807, 2.05) is 0 Å². The highest BCUT2D eigenvalue weighted by molar-refractivity contribution is 7.91. The first-order chi connectivity index (χ1) is 8.48. The molecule has 0 aromatic carbocycles. The van der Waals surface area contributed by atoms with Gasteiger partial charge in [0.05, 0.1) is 5.25 Å². The van der Waals surface area contributed by atoms with Crippen LogP contribution >= 0.6 is 0 Å². The summed E-state index contributed by atoms with van der Waals surface area (Å²) < 4.78 is 23.5. The van der Waals surface area contributed by atoms with E-state index in [1.54, 1.807) is 0 Å². The summed E-state index contributed by atoms with van der Waals surface area (Å²) in [6.07, 6.45) is 11.0. The minimum absolute atomic E-state index is 0.149. The highest BCUT2D eigenvalue weighted by Gasteiger charge is 2.36. The maximum Gasteiger partial charge on any atom is 0.151 e. The Labute approximate surface area is 112 Å². The maximum atomic E-state index is 11.8. The summed E-state index contributed by atoms with van der Waals surface area (Å²) in [4.78, 5) is 0. The summed E-state index contributed by atoms with van der Waals surface area (Å²) >= 11 is 0. The van der Waals surface area contributed by atoms with Crippen molar-refractivity contribution in [2.24, 2.45) is 5.92 Å². The Hall–Kier alpha value is -0.0900. The minimum atomic E-state index is -2.89. The lowest BCUT2D eigenvalue weighted by Crippen LogP contribution is -2.47. The van der Waals surface area contributed by atoms with Crippen molar-refractivity contribution in [3.8, 4) is 0 Å². The van der Waals surface area contributed by atoms with Crippen LogP contribution in [0.25, 0.3) is 0 Å². The van der Waals surface area contributed by atoms with E-state index < -0.39 is 9.84 Å². The Balaban J connectivity index is 1.91. The second-order valence-corrected chi connectivity index (χ2v) is 8.52. The molecule has 0 aromatic heterocycles.